The molecule has 0 aliphatic carbocycles. The highest BCUT2D eigenvalue weighted by atomic mass is 19.4. The summed E-state index contributed by atoms with van der Waals surface area (Å²) in [6.07, 6.45) is -1.74. The van der Waals surface area contributed by atoms with E-state index >= 15 is 0 Å². The number of hydrogen-bond acceptors (Lipinski definition) is 5. The van der Waals surface area contributed by atoms with E-state index in [2.05, 4.69) is 25.6 Å². The van der Waals surface area contributed by atoms with E-state index < -0.39 is 17.8 Å². The van der Waals surface area contributed by atoms with Crippen LogP contribution in [0.25, 0.3) is 28.2 Å². The lowest BCUT2D eigenvalue weighted by atomic mass is 10.0. The summed E-state index contributed by atoms with van der Waals surface area (Å²) in [5.74, 6) is -0.493. The maximum Gasteiger partial charge on any atom is 0.433 e. The maximum atomic E-state index is 13.7. The number of hydrogen-bond donors (Lipinski definition) is 1. The Morgan fingerprint density at radius 2 is 1.58 bits per heavy atom. The van der Waals surface area contributed by atoms with Crippen molar-refractivity contribution in [2.75, 3.05) is 5.32 Å². The third-order valence-corrected chi connectivity index (χ3v) is 5.30. The first-order valence-electron chi connectivity index (χ1n) is 10.8. The SMILES string of the molecule is O=C(Nc1ccc(-n2nc(-c3cccnc3)cc2C(F)(F)F)nn1)c1cccc(-c2ccccc2)c1. The normalized spacial score (nSPS) is 11.3. The van der Waals surface area contributed by atoms with Gasteiger partial charge in [0.1, 0.15) is 0 Å². The van der Waals surface area contributed by atoms with Crippen LogP contribution in [-0.4, -0.2) is 30.9 Å². The number of benzene rings is 2. The average Bonchev–Trinajstić information content (AvgIpc) is 3.37. The van der Waals surface area contributed by atoms with Crippen LogP contribution < -0.4 is 5.32 Å². The van der Waals surface area contributed by atoms with Gasteiger partial charge in [0.25, 0.3) is 5.91 Å². The number of amides is 1. The summed E-state index contributed by atoms with van der Waals surface area (Å²) in [5.41, 5.74) is 1.73. The first kappa shape index (κ1) is 22.9. The third kappa shape index (κ3) is 4.83. The van der Waals surface area contributed by atoms with Crippen molar-refractivity contribution in [1.82, 2.24) is 25.0 Å². The second-order valence-corrected chi connectivity index (χ2v) is 7.74. The Labute approximate surface area is 203 Å². The van der Waals surface area contributed by atoms with Gasteiger partial charge in [-0.2, -0.15) is 18.3 Å². The Balaban J connectivity index is 1.39. The predicted molar refractivity (Wildman–Crippen MR) is 127 cm³/mol. The molecule has 0 atom stereocenters. The zero-order chi connectivity index (χ0) is 25.1. The second-order valence-electron chi connectivity index (χ2n) is 7.74. The predicted octanol–water partition coefficient (Wildman–Crippen LogP) is 5.66. The molecule has 2 aromatic carbocycles. The summed E-state index contributed by atoms with van der Waals surface area (Å²) in [5, 5.41) is 14.4. The number of carbonyl (C=O) groups is 1. The molecule has 36 heavy (non-hydrogen) atoms. The van der Waals surface area contributed by atoms with E-state index in [1.165, 1.54) is 24.5 Å². The van der Waals surface area contributed by atoms with Gasteiger partial charge >= 0.3 is 6.18 Å². The van der Waals surface area contributed by atoms with Crippen molar-refractivity contribution in [1.29, 1.82) is 0 Å². The van der Waals surface area contributed by atoms with Gasteiger partial charge in [-0.1, -0.05) is 42.5 Å². The minimum Gasteiger partial charge on any atom is -0.305 e. The number of rotatable bonds is 5. The Morgan fingerprint density at radius 1 is 0.806 bits per heavy atom. The molecule has 0 aliphatic rings. The van der Waals surface area contributed by atoms with Gasteiger partial charge in [0.2, 0.25) is 0 Å². The van der Waals surface area contributed by atoms with Crippen molar-refractivity contribution in [3.05, 3.63) is 109 Å². The van der Waals surface area contributed by atoms with E-state index in [0.29, 0.717) is 15.8 Å². The van der Waals surface area contributed by atoms with Crippen molar-refractivity contribution in [2.24, 2.45) is 0 Å². The van der Waals surface area contributed by atoms with Crippen LogP contribution in [0.2, 0.25) is 0 Å². The number of aromatic nitrogens is 5. The summed E-state index contributed by atoms with van der Waals surface area (Å²) >= 11 is 0. The van der Waals surface area contributed by atoms with Gasteiger partial charge < -0.3 is 5.32 Å². The summed E-state index contributed by atoms with van der Waals surface area (Å²) in [6.45, 7) is 0. The molecule has 5 rings (SSSR count). The van der Waals surface area contributed by atoms with Crippen LogP contribution in [0.4, 0.5) is 19.0 Å². The molecule has 5 aromatic rings. The molecule has 0 aliphatic heterocycles. The van der Waals surface area contributed by atoms with Crippen molar-refractivity contribution in [2.45, 2.75) is 6.18 Å². The molecule has 10 heteroatoms. The summed E-state index contributed by atoms with van der Waals surface area (Å²) in [4.78, 5) is 16.7. The molecule has 3 aromatic heterocycles. The van der Waals surface area contributed by atoms with Crippen molar-refractivity contribution >= 4 is 11.7 Å². The van der Waals surface area contributed by atoms with Crippen LogP contribution in [0.5, 0.6) is 0 Å². The average molecular weight is 486 g/mol. The van der Waals surface area contributed by atoms with Gasteiger partial charge in [0.05, 0.1) is 5.69 Å². The fourth-order valence-corrected chi connectivity index (χ4v) is 3.58. The van der Waals surface area contributed by atoms with Gasteiger partial charge in [0, 0.05) is 23.5 Å². The van der Waals surface area contributed by atoms with Crippen LogP contribution in [0.3, 0.4) is 0 Å². The Kier molecular flexibility index (Phi) is 5.99. The molecule has 0 saturated carbocycles. The standard InChI is InChI=1S/C26H17F3N6O/c27-26(28,29)22-15-21(20-10-5-13-30-16-20)34-35(22)24-12-11-23(32-33-24)31-25(36)19-9-4-8-18(14-19)17-6-2-1-3-7-17/h1-16H,(H,31,32,36). The number of pyridine rings is 1. The Hall–Kier alpha value is -4.86. The molecule has 0 unspecified atom stereocenters. The van der Waals surface area contributed by atoms with Crippen molar-refractivity contribution in [3.8, 4) is 28.2 Å². The number of carbonyl (C=O) groups excluding carboxylic acids is 1. The largest absolute Gasteiger partial charge is 0.433 e. The topological polar surface area (TPSA) is 85.6 Å². The molecule has 178 valence electrons. The molecule has 0 bridgehead atoms. The molecule has 1 N–H and O–H groups in total. The van der Waals surface area contributed by atoms with Gasteiger partial charge in [-0.05, 0) is 53.6 Å². The Morgan fingerprint density at radius 3 is 2.28 bits per heavy atom. The van der Waals surface area contributed by atoms with E-state index in [1.54, 1.807) is 30.3 Å². The van der Waals surface area contributed by atoms with Gasteiger partial charge in [-0.15, -0.1) is 10.2 Å². The van der Waals surface area contributed by atoms with E-state index in [9.17, 15) is 18.0 Å². The van der Waals surface area contributed by atoms with Crippen LogP contribution in [0, 0.1) is 0 Å². The molecular weight excluding hydrogens is 469 g/mol. The lowest BCUT2D eigenvalue weighted by Gasteiger charge is -2.10. The number of nitrogens with one attached hydrogen (secondary N) is 1. The van der Waals surface area contributed by atoms with Gasteiger partial charge in [-0.25, -0.2) is 4.68 Å². The second kappa shape index (κ2) is 9.41. The first-order valence-corrected chi connectivity index (χ1v) is 10.8. The quantitative estimate of drug-likeness (QED) is 0.346. The lowest BCUT2D eigenvalue weighted by Crippen LogP contribution is -2.16. The van der Waals surface area contributed by atoms with Crippen LogP contribution in [0.1, 0.15) is 16.1 Å². The first-order chi connectivity index (χ1) is 17.4. The molecule has 0 spiro atoms. The van der Waals surface area contributed by atoms with Crippen LogP contribution in [0.15, 0.2) is 97.3 Å². The molecule has 3 heterocycles. The number of halogens is 3. The molecule has 0 radical (unpaired) electrons. The molecule has 0 fully saturated rings. The van der Waals surface area contributed by atoms with Crippen molar-refractivity contribution < 1.29 is 18.0 Å². The van der Waals surface area contributed by atoms with Crippen LogP contribution >= 0.6 is 0 Å². The van der Waals surface area contributed by atoms with Crippen molar-refractivity contribution in [3.63, 3.8) is 0 Å². The zero-order valence-corrected chi connectivity index (χ0v) is 18.5. The number of nitrogens with zero attached hydrogens (tertiary/aromatic N) is 5. The molecular formula is C26H17F3N6O. The minimum absolute atomic E-state index is 0.0852. The minimum atomic E-state index is -4.67. The smallest absolute Gasteiger partial charge is 0.305 e. The third-order valence-electron chi connectivity index (χ3n) is 5.30. The summed E-state index contributed by atoms with van der Waals surface area (Å²) in [6, 6.07) is 23.5. The van der Waals surface area contributed by atoms with Gasteiger partial charge in [-0.3, -0.25) is 9.78 Å². The molecule has 7 nitrogen and oxygen atoms in total. The monoisotopic (exact) mass is 486 g/mol. The number of anilines is 1. The maximum absolute atomic E-state index is 13.7. The highest BCUT2D eigenvalue weighted by molar-refractivity contribution is 6.04. The molecule has 1 amide bonds. The van der Waals surface area contributed by atoms with Crippen LogP contribution in [-0.2, 0) is 6.18 Å². The zero-order valence-electron chi connectivity index (χ0n) is 18.5. The van der Waals surface area contributed by atoms with Gasteiger partial charge in [0.15, 0.2) is 17.3 Å². The van der Waals surface area contributed by atoms with E-state index in [4.69, 9.17) is 0 Å². The van der Waals surface area contributed by atoms with E-state index in [0.717, 1.165) is 17.2 Å². The molecule has 0 saturated heterocycles. The van der Waals surface area contributed by atoms with E-state index in [1.807, 2.05) is 36.4 Å². The highest BCUT2D eigenvalue weighted by Gasteiger charge is 2.37. The number of alkyl halides is 3. The lowest BCUT2D eigenvalue weighted by molar-refractivity contribution is -0.142. The summed E-state index contributed by atoms with van der Waals surface area (Å²) in [7, 11) is 0. The summed E-state index contributed by atoms with van der Waals surface area (Å²) < 4.78 is 41.7. The fourth-order valence-electron chi connectivity index (χ4n) is 3.58. The van der Waals surface area contributed by atoms with E-state index in [-0.39, 0.29) is 17.3 Å². The highest BCUT2D eigenvalue weighted by Crippen LogP contribution is 2.33. The Bertz CT molecular complexity index is 1500. The fraction of sp³-hybridized carbons (Fsp3) is 0.0385.